The van der Waals surface area contributed by atoms with Crippen LogP contribution in [0.3, 0.4) is 0 Å². The molecule has 0 aliphatic carbocycles. The molecule has 31 heavy (non-hydrogen) atoms. The average molecular weight is 428 g/mol. The van der Waals surface area contributed by atoms with Gasteiger partial charge in [-0.05, 0) is 38.1 Å². The summed E-state index contributed by atoms with van der Waals surface area (Å²) in [5.41, 5.74) is 0.939. The number of carbonyl (C=O) groups excluding carboxylic acids is 1. The normalized spacial score (nSPS) is 20.9. The van der Waals surface area contributed by atoms with Crippen LogP contribution in [-0.4, -0.2) is 65.9 Å². The van der Waals surface area contributed by atoms with Crippen molar-refractivity contribution in [1.82, 2.24) is 14.7 Å². The van der Waals surface area contributed by atoms with Crippen LogP contribution in [0.1, 0.15) is 43.4 Å². The van der Waals surface area contributed by atoms with Crippen LogP contribution in [0.5, 0.6) is 0 Å². The maximum absolute atomic E-state index is 14.7. The van der Waals surface area contributed by atoms with Gasteiger partial charge in [0.05, 0.1) is 12.1 Å². The number of nitrogens with zero attached hydrogens (tertiary/aromatic N) is 3. The van der Waals surface area contributed by atoms with Crippen LogP contribution in [0.25, 0.3) is 0 Å². The van der Waals surface area contributed by atoms with Crippen LogP contribution in [0, 0.1) is 11.6 Å². The molecule has 2 aliphatic heterocycles. The van der Waals surface area contributed by atoms with Gasteiger partial charge in [-0.2, -0.15) is 0 Å². The molecule has 0 N–H and O–H groups in total. The summed E-state index contributed by atoms with van der Waals surface area (Å²) in [5, 5.41) is 0. The Morgan fingerprint density at radius 1 is 0.903 bits per heavy atom. The lowest BCUT2D eigenvalue weighted by Crippen LogP contribution is -2.56. The third-order valence-corrected chi connectivity index (χ3v) is 6.70. The number of carbonyl (C=O) groups is 1. The van der Waals surface area contributed by atoms with Gasteiger partial charge in [0.1, 0.15) is 11.6 Å². The molecule has 2 saturated heterocycles. The summed E-state index contributed by atoms with van der Waals surface area (Å²) in [7, 11) is 0. The predicted octanol–water partition coefficient (Wildman–Crippen LogP) is 4.07. The lowest BCUT2D eigenvalue weighted by Gasteiger charge is -2.42. The van der Waals surface area contributed by atoms with E-state index in [4.69, 9.17) is 0 Å². The molecule has 6 heteroatoms. The van der Waals surface area contributed by atoms with Gasteiger partial charge in [-0.1, -0.05) is 49.7 Å². The van der Waals surface area contributed by atoms with Crippen LogP contribution >= 0.6 is 0 Å². The van der Waals surface area contributed by atoms with E-state index in [2.05, 4.69) is 16.7 Å². The first-order valence-electron chi connectivity index (χ1n) is 11.4. The van der Waals surface area contributed by atoms with Crippen LogP contribution in [-0.2, 0) is 4.79 Å². The van der Waals surface area contributed by atoms with Crippen molar-refractivity contribution in [3.05, 3.63) is 71.3 Å². The predicted molar refractivity (Wildman–Crippen MR) is 118 cm³/mol. The third kappa shape index (κ3) is 4.65. The molecule has 1 atom stereocenters. The van der Waals surface area contributed by atoms with E-state index in [0.29, 0.717) is 37.3 Å². The zero-order valence-electron chi connectivity index (χ0n) is 18.1. The Balaban J connectivity index is 1.52. The molecule has 0 spiro atoms. The summed E-state index contributed by atoms with van der Waals surface area (Å²) in [4.78, 5) is 19.5. The van der Waals surface area contributed by atoms with E-state index < -0.39 is 6.04 Å². The van der Waals surface area contributed by atoms with Gasteiger partial charge in [-0.3, -0.25) is 14.6 Å². The van der Waals surface area contributed by atoms with E-state index in [1.54, 1.807) is 36.4 Å². The number of benzene rings is 2. The fourth-order valence-electron chi connectivity index (χ4n) is 5.02. The van der Waals surface area contributed by atoms with E-state index >= 15 is 0 Å². The van der Waals surface area contributed by atoms with Gasteiger partial charge < -0.3 is 4.90 Å². The number of likely N-dealkylation sites (tertiary alicyclic amines) is 1. The monoisotopic (exact) mass is 427 g/mol. The highest BCUT2D eigenvalue weighted by molar-refractivity contribution is 5.82. The number of likely N-dealkylation sites (N-methyl/N-ethyl adjacent to an activating group) is 1. The molecule has 0 aromatic heterocycles. The number of hydrogen-bond donors (Lipinski definition) is 0. The summed E-state index contributed by atoms with van der Waals surface area (Å²) in [6.45, 7) is 6.29. The Kier molecular flexibility index (Phi) is 6.98. The van der Waals surface area contributed by atoms with E-state index in [0.717, 1.165) is 32.4 Å². The molecular formula is C25H31F2N3O. The molecule has 4 nitrogen and oxygen atoms in total. The maximum atomic E-state index is 14.7. The van der Waals surface area contributed by atoms with Crippen LogP contribution in [0.2, 0.25) is 0 Å². The second-order valence-corrected chi connectivity index (χ2v) is 8.45. The summed E-state index contributed by atoms with van der Waals surface area (Å²) in [6, 6.07) is 12.6. The van der Waals surface area contributed by atoms with Crippen molar-refractivity contribution in [2.45, 2.75) is 38.3 Å². The van der Waals surface area contributed by atoms with E-state index in [1.807, 2.05) is 4.90 Å². The number of piperazine rings is 1. The smallest absolute Gasteiger partial charge is 0.240 e. The number of hydrogen-bond acceptors (Lipinski definition) is 3. The van der Waals surface area contributed by atoms with Crippen LogP contribution < -0.4 is 0 Å². The largest absolute Gasteiger partial charge is 0.339 e. The standard InChI is InChI=1S/C25H31F2N3O/c1-2-28-14-8-7-13-23(28)25(31)30-17-15-29(16-18-30)24(19-9-3-5-11-21(19)26)20-10-4-6-12-22(20)27/h3-6,9-12,23-24H,2,7-8,13-18H2,1H3/t23-/m0/s1. The highest BCUT2D eigenvalue weighted by Crippen LogP contribution is 2.33. The first-order chi connectivity index (χ1) is 15.1. The van der Waals surface area contributed by atoms with Gasteiger partial charge in [0, 0.05) is 37.3 Å². The third-order valence-electron chi connectivity index (χ3n) is 6.70. The number of amides is 1. The van der Waals surface area contributed by atoms with Crippen molar-refractivity contribution >= 4 is 5.91 Å². The summed E-state index contributed by atoms with van der Waals surface area (Å²) in [5.74, 6) is -0.473. The van der Waals surface area contributed by atoms with Gasteiger partial charge in [0.25, 0.3) is 0 Å². The summed E-state index contributed by atoms with van der Waals surface area (Å²) >= 11 is 0. The van der Waals surface area contributed by atoms with Crippen molar-refractivity contribution in [3.8, 4) is 0 Å². The molecule has 0 saturated carbocycles. The first kappa shape index (κ1) is 21.9. The summed E-state index contributed by atoms with van der Waals surface area (Å²) < 4.78 is 29.4. The molecule has 1 amide bonds. The highest BCUT2D eigenvalue weighted by Gasteiger charge is 2.35. The lowest BCUT2D eigenvalue weighted by molar-refractivity contribution is -0.140. The zero-order valence-corrected chi connectivity index (χ0v) is 18.1. The van der Waals surface area contributed by atoms with Crippen molar-refractivity contribution in [3.63, 3.8) is 0 Å². The van der Waals surface area contributed by atoms with Crippen LogP contribution in [0.4, 0.5) is 8.78 Å². The second kappa shape index (κ2) is 9.88. The molecule has 0 radical (unpaired) electrons. The molecular weight excluding hydrogens is 396 g/mol. The van der Waals surface area contributed by atoms with Crippen LogP contribution in [0.15, 0.2) is 48.5 Å². The van der Waals surface area contributed by atoms with Gasteiger partial charge >= 0.3 is 0 Å². The Morgan fingerprint density at radius 3 is 2.03 bits per heavy atom. The molecule has 2 heterocycles. The molecule has 0 unspecified atom stereocenters. The molecule has 2 aliphatic rings. The summed E-state index contributed by atoms with van der Waals surface area (Å²) in [6.07, 6.45) is 3.16. The zero-order chi connectivity index (χ0) is 21.8. The minimum absolute atomic E-state index is 0.0285. The quantitative estimate of drug-likeness (QED) is 0.720. The fourth-order valence-corrected chi connectivity index (χ4v) is 5.02. The molecule has 0 bridgehead atoms. The van der Waals surface area contributed by atoms with Gasteiger partial charge in [-0.25, -0.2) is 8.78 Å². The Labute approximate surface area is 183 Å². The van der Waals surface area contributed by atoms with E-state index in [1.165, 1.54) is 12.1 Å². The minimum Gasteiger partial charge on any atom is -0.339 e. The van der Waals surface area contributed by atoms with Crippen molar-refractivity contribution in [2.24, 2.45) is 0 Å². The average Bonchev–Trinajstić information content (AvgIpc) is 2.81. The number of piperidine rings is 1. The topological polar surface area (TPSA) is 26.8 Å². The van der Waals surface area contributed by atoms with Gasteiger partial charge in [-0.15, -0.1) is 0 Å². The molecule has 166 valence electrons. The van der Waals surface area contributed by atoms with Crippen molar-refractivity contribution in [2.75, 3.05) is 39.3 Å². The Bertz CT molecular complexity index is 852. The maximum Gasteiger partial charge on any atom is 0.240 e. The molecule has 4 rings (SSSR count). The Hall–Kier alpha value is -2.31. The molecule has 2 aromatic carbocycles. The van der Waals surface area contributed by atoms with Gasteiger partial charge in [0.2, 0.25) is 5.91 Å². The molecule has 2 aromatic rings. The fraction of sp³-hybridized carbons (Fsp3) is 0.480. The van der Waals surface area contributed by atoms with Gasteiger partial charge in [0.15, 0.2) is 0 Å². The first-order valence-corrected chi connectivity index (χ1v) is 11.4. The van der Waals surface area contributed by atoms with Crippen molar-refractivity contribution < 1.29 is 13.6 Å². The van der Waals surface area contributed by atoms with Crippen molar-refractivity contribution in [1.29, 1.82) is 0 Å². The second-order valence-electron chi connectivity index (χ2n) is 8.45. The number of rotatable bonds is 5. The molecule has 2 fully saturated rings. The highest BCUT2D eigenvalue weighted by atomic mass is 19.1. The number of halogens is 2. The lowest BCUT2D eigenvalue weighted by atomic mass is 9.95. The SMILES string of the molecule is CCN1CCCC[C@H]1C(=O)N1CCN(C(c2ccccc2F)c2ccccc2F)CC1. The van der Waals surface area contributed by atoms with E-state index in [9.17, 15) is 13.6 Å². The Morgan fingerprint density at radius 2 is 1.48 bits per heavy atom. The minimum atomic E-state index is -0.513. The van der Waals surface area contributed by atoms with E-state index in [-0.39, 0.29) is 23.6 Å².